The molecule has 1 aromatic rings. The smallest absolute Gasteiger partial charge is 0.125 e. The Labute approximate surface area is 75.8 Å². The second-order valence-electron chi connectivity index (χ2n) is 2.13. The lowest BCUT2D eigenvalue weighted by Gasteiger charge is -1.91. The average Bonchev–Trinajstić information content (AvgIpc) is 2.47. The highest BCUT2D eigenvalue weighted by molar-refractivity contribution is 7.16. The van der Waals surface area contributed by atoms with Crippen LogP contribution in [0.2, 0.25) is 0 Å². The molecule has 1 aromatic heterocycles. The van der Waals surface area contributed by atoms with Crippen molar-refractivity contribution in [2.24, 2.45) is 0 Å². The molecule has 3 heteroatoms. The van der Waals surface area contributed by atoms with Crippen molar-refractivity contribution >= 4 is 21.9 Å². The molecule has 0 aliphatic carbocycles. The summed E-state index contributed by atoms with van der Waals surface area (Å²) in [5, 5.41) is 1.59. The molecule has 0 saturated heterocycles. The summed E-state index contributed by atoms with van der Waals surface area (Å²) in [6, 6.07) is 0. The van der Waals surface area contributed by atoms with Crippen LogP contribution >= 0.6 is 11.3 Å². The van der Waals surface area contributed by atoms with E-state index in [1.807, 2.05) is 6.08 Å². The maximum Gasteiger partial charge on any atom is 0.125 e. The van der Waals surface area contributed by atoms with Crippen LogP contribution < -0.4 is 5.73 Å². The molecule has 12 heavy (non-hydrogen) atoms. The van der Waals surface area contributed by atoms with Gasteiger partial charge in [0.1, 0.15) is 10.0 Å². The topological polar surface area (TPSA) is 38.9 Å². The van der Waals surface area contributed by atoms with Crippen molar-refractivity contribution in [3.05, 3.63) is 42.6 Å². The highest BCUT2D eigenvalue weighted by Crippen LogP contribution is 2.23. The Morgan fingerprint density at radius 1 is 1.58 bits per heavy atom. The summed E-state index contributed by atoms with van der Waals surface area (Å²) in [6.45, 7) is 7.28. The average molecular weight is 178 g/mol. The van der Waals surface area contributed by atoms with Crippen LogP contribution in [0, 0.1) is 0 Å². The zero-order valence-electron chi connectivity index (χ0n) is 6.66. The molecular weight excluding hydrogens is 168 g/mol. The van der Waals surface area contributed by atoms with E-state index in [4.69, 9.17) is 5.73 Å². The van der Waals surface area contributed by atoms with Crippen LogP contribution in [-0.2, 0) is 0 Å². The molecule has 0 fully saturated rings. The van der Waals surface area contributed by atoms with Crippen LogP contribution in [0.5, 0.6) is 0 Å². The minimum absolute atomic E-state index is 0.710. The summed E-state index contributed by atoms with van der Waals surface area (Å²) < 4.78 is 0. The summed E-state index contributed by atoms with van der Waals surface area (Å²) in [5.41, 5.74) is 6.49. The summed E-state index contributed by atoms with van der Waals surface area (Å²) in [4.78, 5) is 4.11. The van der Waals surface area contributed by atoms with E-state index < -0.39 is 0 Å². The molecule has 0 amide bonds. The van der Waals surface area contributed by atoms with E-state index in [1.54, 1.807) is 18.3 Å². The second kappa shape index (κ2) is 3.88. The van der Waals surface area contributed by atoms with E-state index in [1.165, 1.54) is 11.3 Å². The predicted octanol–water partition coefficient (Wildman–Crippen LogP) is 2.48. The van der Waals surface area contributed by atoms with Crippen molar-refractivity contribution in [1.82, 2.24) is 4.98 Å². The maximum absolute atomic E-state index is 5.54. The molecule has 0 atom stereocenters. The first kappa shape index (κ1) is 8.74. The molecule has 0 bridgehead atoms. The van der Waals surface area contributed by atoms with Crippen molar-refractivity contribution in [2.45, 2.75) is 0 Å². The number of aromatic nitrogens is 1. The molecule has 62 valence electrons. The van der Waals surface area contributed by atoms with E-state index in [9.17, 15) is 0 Å². The van der Waals surface area contributed by atoms with Gasteiger partial charge >= 0.3 is 0 Å². The Morgan fingerprint density at radius 2 is 2.33 bits per heavy atom. The quantitative estimate of drug-likeness (QED) is 0.722. The van der Waals surface area contributed by atoms with E-state index in [0.29, 0.717) is 5.00 Å². The molecule has 0 aliphatic heterocycles. The lowest BCUT2D eigenvalue weighted by molar-refractivity contribution is 1.38. The van der Waals surface area contributed by atoms with Crippen LogP contribution in [0.1, 0.15) is 5.01 Å². The first-order chi connectivity index (χ1) is 5.77. The number of rotatable bonds is 3. The maximum atomic E-state index is 5.54. The fourth-order valence-corrected chi connectivity index (χ4v) is 1.48. The van der Waals surface area contributed by atoms with Crippen molar-refractivity contribution in [1.29, 1.82) is 0 Å². The number of nitrogen functional groups attached to an aromatic ring is 1. The third-order valence-corrected chi connectivity index (χ3v) is 2.16. The molecule has 2 nitrogen and oxygen atoms in total. The van der Waals surface area contributed by atoms with Crippen molar-refractivity contribution in [2.75, 3.05) is 5.73 Å². The SMILES string of the molecule is C=C/C=C(\C=C)c1ncc(N)s1. The Balaban J connectivity index is 3.02. The third kappa shape index (κ3) is 1.83. The van der Waals surface area contributed by atoms with Gasteiger partial charge in [-0.1, -0.05) is 42.7 Å². The van der Waals surface area contributed by atoms with Crippen LogP contribution in [0.3, 0.4) is 0 Å². The molecule has 2 N–H and O–H groups in total. The van der Waals surface area contributed by atoms with Gasteiger partial charge in [-0.3, -0.25) is 0 Å². The summed E-state index contributed by atoms with van der Waals surface area (Å²) in [5.74, 6) is 0. The van der Waals surface area contributed by atoms with Crippen LogP contribution in [0.4, 0.5) is 5.00 Å². The van der Waals surface area contributed by atoms with Gasteiger partial charge in [-0.2, -0.15) is 0 Å². The van der Waals surface area contributed by atoms with E-state index >= 15 is 0 Å². The molecule has 0 radical (unpaired) electrons. The van der Waals surface area contributed by atoms with Crippen molar-refractivity contribution < 1.29 is 0 Å². The minimum Gasteiger partial charge on any atom is -0.389 e. The third-order valence-electron chi connectivity index (χ3n) is 1.29. The van der Waals surface area contributed by atoms with Crippen molar-refractivity contribution in [3.63, 3.8) is 0 Å². The summed E-state index contributed by atoms with van der Waals surface area (Å²) >= 11 is 1.44. The first-order valence-electron chi connectivity index (χ1n) is 3.44. The highest BCUT2D eigenvalue weighted by atomic mass is 32.1. The van der Waals surface area contributed by atoms with Gasteiger partial charge in [0.2, 0.25) is 0 Å². The van der Waals surface area contributed by atoms with Gasteiger partial charge in [0, 0.05) is 5.57 Å². The van der Waals surface area contributed by atoms with Gasteiger partial charge in [-0.25, -0.2) is 4.98 Å². The van der Waals surface area contributed by atoms with Gasteiger partial charge in [0.15, 0.2) is 0 Å². The number of anilines is 1. The Kier molecular flexibility index (Phi) is 2.82. The normalized spacial score (nSPS) is 11.2. The molecule has 0 aliphatic rings. The Hall–Kier alpha value is -1.35. The molecule has 1 rings (SSSR count). The number of hydrogen-bond donors (Lipinski definition) is 1. The van der Waals surface area contributed by atoms with Gasteiger partial charge < -0.3 is 5.73 Å². The molecule has 0 spiro atoms. The van der Waals surface area contributed by atoms with Gasteiger partial charge in [0.05, 0.1) is 6.20 Å². The summed E-state index contributed by atoms with van der Waals surface area (Å²) in [7, 11) is 0. The van der Waals surface area contributed by atoms with Gasteiger partial charge in [0.25, 0.3) is 0 Å². The van der Waals surface area contributed by atoms with E-state index in [2.05, 4.69) is 18.1 Å². The Morgan fingerprint density at radius 3 is 2.75 bits per heavy atom. The number of nitrogens with two attached hydrogens (primary N) is 1. The highest BCUT2D eigenvalue weighted by Gasteiger charge is 2.00. The fraction of sp³-hybridized carbons (Fsp3) is 0. The monoisotopic (exact) mass is 178 g/mol. The van der Waals surface area contributed by atoms with Gasteiger partial charge in [-0.05, 0) is 0 Å². The number of nitrogens with zero attached hydrogens (tertiary/aromatic N) is 1. The van der Waals surface area contributed by atoms with Crippen molar-refractivity contribution in [3.8, 4) is 0 Å². The number of thiazole rings is 1. The first-order valence-corrected chi connectivity index (χ1v) is 4.26. The predicted molar refractivity (Wildman–Crippen MR) is 54.9 cm³/mol. The number of hydrogen-bond acceptors (Lipinski definition) is 3. The number of allylic oxidation sites excluding steroid dienone is 4. The largest absolute Gasteiger partial charge is 0.389 e. The Bertz CT molecular complexity index is 323. The molecule has 0 aromatic carbocycles. The second-order valence-corrected chi connectivity index (χ2v) is 3.19. The fourth-order valence-electron chi connectivity index (χ4n) is 0.774. The van der Waals surface area contributed by atoms with Crippen LogP contribution in [-0.4, -0.2) is 4.98 Å². The van der Waals surface area contributed by atoms with Crippen LogP contribution in [0.25, 0.3) is 5.57 Å². The summed E-state index contributed by atoms with van der Waals surface area (Å²) in [6.07, 6.45) is 6.93. The zero-order valence-corrected chi connectivity index (χ0v) is 7.47. The van der Waals surface area contributed by atoms with Crippen LogP contribution in [0.15, 0.2) is 37.6 Å². The lowest BCUT2D eigenvalue weighted by Crippen LogP contribution is -1.75. The molecule has 0 saturated carbocycles. The minimum atomic E-state index is 0.710. The zero-order chi connectivity index (χ0) is 8.97. The molecule has 0 unspecified atom stereocenters. The van der Waals surface area contributed by atoms with E-state index in [-0.39, 0.29) is 0 Å². The van der Waals surface area contributed by atoms with Gasteiger partial charge in [-0.15, -0.1) is 0 Å². The van der Waals surface area contributed by atoms with E-state index in [0.717, 1.165) is 10.6 Å². The standard InChI is InChI=1S/C9H10N2S/c1-3-5-7(4-2)9-11-6-8(10)12-9/h3-6H,1-2,10H2/b7-5+. The molecule has 1 heterocycles. The lowest BCUT2D eigenvalue weighted by atomic mass is 10.2. The molecular formula is C9H10N2S.